The number of rotatable bonds is 4. The van der Waals surface area contributed by atoms with Crippen LogP contribution in [-0.4, -0.2) is 31.1 Å². The second kappa shape index (κ2) is 4.19. The Morgan fingerprint density at radius 2 is 2.07 bits per heavy atom. The van der Waals surface area contributed by atoms with Gasteiger partial charge in [0.1, 0.15) is 0 Å². The van der Waals surface area contributed by atoms with Crippen LogP contribution >= 0.6 is 0 Å². The molecular formula is C12H26N2. The number of likely N-dealkylation sites (tertiary alicyclic amines) is 1. The molecular weight excluding hydrogens is 172 g/mol. The first-order valence-electron chi connectivity index (χ1n) is 5.83. The summed E-state index contributed by atoms with van der Waals surface area (Å²) in [7, 11) is 0. The molecule has 0 bridgehead atoms. The molecule has 0 aliphatic carbocycles. The lowest BCUT2D eigenvalue weighted by atomic mass is 9.87. The standard InChI is InChI=1S/C12H26N2/c1-5-12(4,8-13)10-14-7-6-11(2,3)9-14/h5-10,13H2,1-4H3. The fraction of sp³-hybridized carbons (Fsp3) is 1.00. The first-order chi connectivity index (χ1) is 6.41. The summed E-state index contributed by atoms with van der Waals surface area (Å²) < 4.78 is 0. The van der Waals surface area contributed by atoms with E-state index in [4.69, 9.17) is 5.73 Å². The van der Waals surface area contributed by atoms with Crippen LogP contribution in [-0.2, 0) is 0 Å². The van der Waals surface area contributed by atoms with Gasteiger partial charge in [-0.1, -0.05) is 27.7 Å². The Morgan fingerprint density at radius 1 is 1.43 bits per heavy atom. The van der Waals surface area contributed by atoms with Gasteiger partial charge in [0.25, 0.3) is 0 Å². The van der Waals surface area contributed by atoms with E-state index in [1.807, 2.05) is 0 Å². The van der Waals surface area contributed by atoms with E-state index in [1.54, 1.807) is 0 Å². The molecule has 2 heteroatoms. The molecule has 14 heavy (non-hydrogen) atoms. The minimum absolute atomic E-state index is 0.320. The highest BCUT2D eigenvalue weighted by Gasteiger charge is 2.32. The van der Waals surface area contributed by atoms with E-state index in [2.05, 4.69) is 32.6 Å². The largest absolute Gasteiger partial charge is 0.330 e. The Bertz CT molecular complexity index is 183. The second-order valence-electron chi connectivity index (χ2n) is 5.99. The van der Waals surface area contributed by atoms with Crippen molar-refractivity contribution < 1.29 is 0 Å². The molecule has 1 aliphatic rings. The molecule has 0 aromatic heterocycles. The van der Waals surface area contributed by atoms with Crippen molar-refractivity contribution in [2.24, 2.45) is 16.6 Å². The fourth-order valence-electron chi connectivity index (χ4n) is 2.22. The van der Waals surface area contributed by atoms with Crippen LogP contribution in [0.15, 0.2) is 0 Å². The number of nitrogens with two attached hydrogens (primary N) is 1. The van der Waals surface area contributed by atoms with Gasteiger partial charge in [0, 0.05) is 13.1 Å². The van der Waals surface area contributed by atoms with Gasteiger partial charge < -0.3 is 10.6 Å². The van der Waals surface area contributed by atoms with Crippen molar-refractivity contribution in [1.82, 2.24) is 4.90 Å². The predicted molar refractivity (Wildman–Crippen MR) is 62.3 cm³/mol. The molecule has 0 spiro atoms. The van der Waals surface area contributed by atoms with Gasteiger partial charge in [-0.05, 0) is 36.8 Å². The zero-order chi connectivity index (χ0) is 10.8. The van der Waals surface area contributed by atoms with Gasteiger partial charge in [0.15, 0.2) is 0 Å². The average Bonchev–Trinajstić information content (AvgIpc) is 2.45. The lowest BCUT2D eigenvalue weighted by Crippen LogP contribution is -2.39. The normalized spacial score (nSPS) is 26.4. The van der Waals surface area contributed by atoms with Gasteiger partial charge in [0.05, 0.1) is 0 Å². The first kappa shape index (κ1) is 12.0. The molecule has 1 rings (SSSR count). The van der Waals surface area contributed by atoms with Crippen LogP contribution in [0.4, 0.5) is 0 Å². The van der Waals surface area contributed by atoms with Gasteiger partial charge in [0.2, 0.25) is 0 Å². The van der Waals surface area contributed by atoms with E-state index >= 15 is 0 Å². The summed E-state index contributed by atoms with van der Waals surface area (Å²) >= 11 is 0. The molecule has 0 aromatic carbocycles. The van der Waals surface area contributed by atoms with Crippen LogP contribution in [0.5, 0.6) is 0 Å². The predicted octanol–water partition coefficient (Wildman–Crippen LogP) is 2.09. The molecule has 1 atom stereocenters. The molecule has 1 heterocycles. The number of hydrogen-bond acceptors (Lipinski definition) is 2. The van der Waals surface area contributed by atoms with E-state index < -0.39 is 0 Å². The van der Waals surface area contributed by atoms with E-state index in [1.165, 1.54) is 32.5 Å². The quantitative estimate of drug-likeness (QED) is 0.749. The Kier molecular flexibility index (Phi) is 3.59. The summed E-state index contributed by atoms with van der Waals surface area (Å²) in [6.07, 6.45) is 2.51. The molecule has 0 radical (unpaired) electrons. The number of hydrogen-bond donors (Lipinski definition) is 1. The molecule has 2 nitrogen and oxygen atoms in total. The maximum absolute atomic E-state index is 5.84. The smallest absolute Gasteiger partial charge is 0.00475 e. The Morgan fingerprint density at radius 3 is 2.43 bits per heavy atom. The topological polar surface area (TPSA) is 29.3 Å². The Hall–Kier alpha value is -0.0800. The van der Waals surface area contributed by atoms with Gasteiger partial charge in [-0.2, -0.15) is 0 Å². The average molecular weight is 198 g/mol. The van der Waals surface area contributed by atoms with E-state index in [0.717, 1.165) is 6.54 Å². The summed E-state index contributed by atoms with van der Waals surface area (Å²) in [6, 6.07) is 0. The molecule has 0 aromatic rings. The van der Waals surface area contributed by atoms with Crippen molar-refractivity contribution in [2.75, 3.05) is 26.2 Å². The molecule has 1 unspecified atom stereocenters. The van der Waals surface area contributed by atoms with Crippen molar-refractivity contribution in [3.63, 3.8) is 0 Å². The summed E-state index contributed by atoms with van der Waals surface area (Å²) in [4.78, 5) is 2.58. The maximum atomic E-state index is 5.84. The van der Waals surface area contributed by atoms with Crippen LogP contribution in [0.2, 0.25) is 0 Å². The molecule has 0 amide bonds. The maximum Gasteiger partial charge on any atom is 0.00475 e. The SMILES string of the molecule is CCC(C)(CN)CN1CCC(C)(C)C1. The molecule has 1 aliphatic heterocycles. The Balaban J connectivity index is 2.46. The van der Waals surface area contributed by atoms with E-state index in [-0.39, 0.29) is 0 Å². The fourth-order valence-corrected chi connectivity index (χ4v) is 2.22. The van der Waals surface area contributed by atoms with Gasteiger partial charge in [-0.3, -0.25) is 0 Å². The van der Waals surface area contributed by atoms with E-state index in [9.17, 15) is 0 Å². The van der Waals surface area contributed by atoms with Crippen LogP contribution in [0.25, 0.3) is 0 Å². The highest BCUT2D eigenvalue weighted by molar-refractivity contribution is 4.87. The molecule has 1 saturated heterocycles. The summed E-state index contributed by atoms with van der Waals surface area (Å²) in [6.45, 7) is 13.7. The third kappa shape index (κ3) is 2.96. The van der Waals surface area contributed by atoms with Gasteiger partial charge in [-0.25, -0.2) is 0 Å². The zero-order valence-corrected chi connectivity index (χ0v) is 10.3. The second-order valence-corrected chi connectivity index (χ2v) is 5.99. The van der Waals surface area contributed by atoms with Crippen LogP contribution in [0, 0.1) is 10.8 Å². The molecule has 2 N–H and O–H groups in total. The monoisotopic (exact) mass is 198 g/mol. The molecule has 84 valence electrons. The summed E-state index contributed by atoms with van der Waals surface area (Å²) in [5.74, 6) is 0. The minimum atomic E-state index is 0.320. The Labute approximate surface area is 88.8 Å². The van der Waals surface area contributed by atoms with Crippen molar-refractivity contribution in [3.05, 3.63) is 0 Å². The first-order valence-corrected chi connectivity index (χ1v) is 5.83. The zero-order valence-electron chi connectivity index (χ0n) is 10.3. The summed E-state index contributed by atoms with van der Waals surface area (Å²) in [5.41, 5.74) is 6.67. The van der Waals surface area contributed by atoms with E-state index in [0.29, 0.717) is 10.8 Å². The van der Waals surface area contributed by atoms with Gasteiger partial charge in [-0.15, -0.1) is 0 Å². The van der Waals surface area contributed by atoms with Gasteiger partial charge >= 0.3 is 0 Å². The highest BCUT2D eigenvalue weighted by atomic mass is 15.2. The van der Waals surface area contributed by atoms with Crippen molar-refractivity contribution in [1.29, 1.82) is 0 Å². The summed E-state index contributed by atoms with van der Waals surface area (Å²) in [5, 5.41) is 0. The van der Waals surface area contributed by atoms with Crippen molar-refractivity contribution in [2.45, 2.75) is 40.5 Å². The van der Waals surface area contributed by atoms with Crippen LogP contribution < -0.4 is 5.73 Å². The third-order valence-corrected chi connectivity index (χ3v) is 3.71. The highest BCUT2D eigenvalue weighted by Crippen LogP contribution is 2.31. The van der Waals surface area contributed by atoms with Crippen molar-refractivity contribution >= 4 is 0 Å². The lowest BCUT2D eigenvalue weighted by molar-refractivity contribution is 0.178. The lowest BCUT2D eigenvalue weighted by Gasteiger charge is -2.32. The third-order valence-electron chi connectivity index (χ3n) is 3.71. The van der Waals surface area contributed by atoms with Crippen molar-refractivity contribution in [3.8, 4) is 0 Å². The van der Waals surface area contributed by atoms with Crippen LogP contribution in [0.1, 0.15) is 40.5 Å². The molecule has 0 saturated carbocycles. The molecule has 1 fully saturated rings. The number of nitrogens with zero attached hydrogens (tertiary/aromatic N) is 1. The van der Waals surface area contributed by atoms with Crippen LogP contribution in [0.3, 0.4) is 0 Å². The minimum Gasteiger partial charge on any atom is -0.330 e.